The van der Waals surface area contributed by atoms with Crippen LogP contribution in [0.1, 0.15) is 56.7 Å². The summed E-state index contributed by atoms with van der Waals surface area (Å²) in [5, 5.41) is 11.4. The lowest BCUT2D eigenvalue weighted by molar-refractivity contribution is 0.153. The van der Waals surface area contributed by atoms with E-state index in [4.69, 9.17) is 19.2 Å². The quantitative estimate of drug-likeness (QED) is 0.549. The van der Waals surface area contributed by atoms with Gasteiger partial charge in [-0.3, -0.25) is 0 Å². The van der Waals surface area contributed by atoms with Crippen LogP contribution in [0.25, 0.3) is 5.65 Å². The van der Waals surface area contributed by atoms with Crippen LogP contribution in [0.2, 0.25) is 0 Å². The molecule has 0 spiro atoms. The number of fused-ring (bicyclic) bond motifs is 1. The van der Waals surface area contributed by atoms with E-state index in [0.29, 0.717) is 12.0 Å². The first-order valence-corrected chi connectivity index (χ1v) is 11.1. The molecule has 2 aromatic heterocycles. The number of hydrogen-bond donors (Lipinski definition) is 2. The van der Waals surface area contributed by atoms with Crippen LogP contribution < -0.4 is 24.8 Å². The van der Waals surface area contributed by atoms with Crippen LogP contribution in [-0.2, 0) is 0 Å². The molecule has 0 amide bonds. The Morgan fingerprint density at radius 2 is 1.97 bits per heavy atom. The van der Waals surface area contributed by atoms with E-state index < -0.39 is 0 Å². The van der Waals surface area contributed by atoms with Crippen molar-refractivity contribution in [3.8, 4) is 17.5 Å². The summed E-state index contributed by atoms with van der Waals surface area (Å²) in [6.45, 7) is 8.12. The van der Waals surface area contributed by atoms with E-state index in [1.807, 2.05) is 31.3 Å². The molecule has 172 valence electrons. The third-order valence-electron chi connectivity index (χ3n) is 5.77. The largest absolute Gasteiger partial charge is 0.497 e. The van der Waals surface area contributed by atoms with E-state index in [2.05, 4.69) is 34.6 Å². The van der Waals surface area contributed by atoms with Gasteiger partial charge in [-0.1, -0.05) is 13.8 Å². The van der Waals surface area contributed by atoms with Crippen molar-refractivity contribution in [1.82, 2.24) is 24.9 Å². The highest BCUT2D eigenvalue weighted by molar-refractivity contribution is 5.54. The zero-order valence-electron chi connectivity index (χ0n) is 19.4. The van der Waals surface area contributed by atoms with Crippen LogP contribution >= 0.6 is 0 Å². The van der Waals surface area contributed by atoms with E-state index in [9.17, 15) is 0 Å². The first-order chi connectivity index (χ1) is 15.5. The van der Waals surface area contributed by atoms with Gasteiger partial charge in [0.15, 0.2) is 5.65 Å². The molecule has 1 saturated heterocycles. The molecular formula is C23H32N6O3. The summed E-state index contributed by atoms with van der Waals surface area (Å²) in [7, 11) is 3.31. The van der Waals surface area contributed by atoms with Crippen molar-refractivity contribution in [2.45, 2.75) is 51.7 Å². The molecule has 1 unspecified atom stereocenters. The number of piperidine rings is 1. The van der Waals surface area contributed by atoms with Crippen molar-refractivity contribution < 1.29 is 14.2 Å². The number of benzene rings is 1. The number of nitrogens with zero attached hydrogens (tertiary/aromatic N) is 4. The van der Waals surface area contributed by atoms with Crippen molar-refractivity contribution in [3.63, 3.8) is 0 Å². The third-order valence-corrected chi connectivity index (χ3v) is 5.77. The Kier molecular flexibility index (Phi) is 6.64. The number of aromatic nitrogens is 4. The maximum atomic E-state index is 6.17. The van der Waals surface area contributed by atoms with E-state index >= 15 is 0 Å². The molecule has 1 fully saturated rings. The Hall–Kier alpha value is -3.07. The summed E-state index contributed by atoms with van der Waals surface area (Å²) < 4.78 is 18.9. The molecule has 9 nitrogen and oxygen atoms in total. The van der Waals surface area contributed by atoms with Crippen LogP contribution in [0.4, 0.5) is 5.95 Å². The summed E-state index contributed by atoms with van der Waals surface area (Å²) in [4.78, 5) is 9.39. The summed E-state index contributed by atoms with van der Waals surface area (Å²) >= 11 is 0. The molecule has 0 radical (unpaired) electrons. The SMILES string of the molecule is COc1ccc(OC)c([C@H](C)Nc2nc(OC3CCCNC3)nc3c(C(C)C)cnn23)c1. The van der Waals surface area contributed by atoms with Gasteiger partial charge in [0.2, 0.25) is 5.95 Å². The monoisotopic (exact) mass is 440 g/mol. The molecule has 32 heavy (non-hydrogen) atoms. The van der Waals surface area contributed by atoms with Crippen molar-refractivity contribution >= 4 is 11.6 Å². The van der Waals surface area contributed by atoms with Crippen molar-refractivity contribution in [2.24, 2.45) is 0 Å². The second kappa shape index (κ2) is 9.60. The molecule has 0 bridgehead atoms. The summed E-state index contributed by atoms with van der Waals surface area (Å²) in [5.74, 6) is 2.37. The first-order valence-electron chi connectivity index (χ1n) is 11.1. The average Bonchev–Trinajstić information content (AvgIpc) is 3.24. The Morgan fingerprint density at radius 3 is 2.66 bits per heavy atom. The Morgan fingerprint density at radius 1 is 1.12 bits per heavy atom. The van der Waals surface area contributed by atoms with Gasteiger partial charge in [-0.25, -0.2) is 0 Å². The Balaban J connectivity index is 1.70. The predicted molar refractivity (Wildman–Crippen MR) is 123 cm³/mol. The van der Waals surface area contributed by atoms with Crippen LogP contribution in [-0.4, -0.2) is 53.0 Å². The first kappa shape index (κ1) is 22.1. The minimum absolute atomic E-state index is 0.0559. The minimum Gasteiger partial charge on any atom is -0.497 e. The van der Waals surface area contributed by atoms with Gasteiger partial charge in [0, 0.05) is 17.7 Å². The third kappa shape index (κ3) is 4.57. The predicted octanol–water partition coefficient (Wildman–Crippen LogP) is 3.57. The van der Waals surface area contributed by atoms with Gasteiger partial charge in [-0.15, -0.1) is 0 Å². The molecular weight excluding hydrogens is 408 g/mol. The highest BCUT2D eigenvalue weighted by atomic mass is 16.5. The Labute approximate surface area is 188 Å². The fraction of sp³-hybridized carbons (Fsp3) is 0.522. The van der Waals surface area contributed by atoms with Crippen molar-refractivity contribution in [3.05, 3.63) is 35.5 Å². The maximum absolute atomic E-state index is 6.17. The number of nitrogens with one attached hydrogen (secondary N) is 2. The van der Waals surface area contributed by atoms with Gasteiger partial charge in [0.1, 0.15) is 17.6 Å². The number of ether oxygens (including phenoxy) is 3. The van der Waals surface area contributed by atoms with E-state index in [1.54, 1.807) is 18.7 Å². The van der Waals surface area contributed by atoms with Gasteiger partial charge in [0.25, 0.3) is 0 Å². The lowest BCUT2D eigenvalue weighted by Crippen LogP contribution is -2.37. The number of hydrogen-bond acceptors (Lipinski definition) is 8. The highest BCUT2D eigenvalue weighted by Gasteiger charge is 2.22. The number of anilines is 1. The minimum atomic E-state index is -0.131. The molecule has 2 atom stereocenters. The normalized spacial score (nSPS) is 17.4. The van der Waals surface area contributed by atoms with E-state index in [-0.39, 0.29) is 18.1 Å². The second-order valence-corrected chi connectivity index (χ2v) is 8.38. The van der Waals surface area contributed by atoms with Gasteiger partial charge < -0.3 is 24.8 Å². The lowest BCUT2D eigenvalue weighted by Gasteiger charge is -2.23. The maximum Gasteiger partial charge on any atom is 0.322 e. The molecule has 3 heterocycles. The van der Waals surface area contributed by atoms with Gasteiger partial charge in [-0.2, -0.15) is 19.6 Å². The molecule has 3 aromatic rings. The topological polar surface area (TPSA) is 94.8 Å². The van der Waals surface area contributed by atoms with Crippen LogP contribution in [0, 0.1) is 0 Å². The van der Waals surface area contributed by atoms with E-state index in [1.165, 1.54) is 0 Å². The Bertz CT molecular complexity index is 1060. The summed E-state index contributed by atoms with van der Waals surface area (Å²) in [6, 6.07) is 5.97. The summed E-state index contributed by atoms with van der Waals surface area (Å²) in [5.41, 5.74) is 2.75. The summed E-state index contributed by atoms with van der Waals surface area (Å²) in [6.07, 6.45) is 3.97. The van der Waals surface area contributed by atoms with E-state index in [0.717, 1.165) is 54.2 Å². The number of methoxy groups -OCH3 is 2. The molecule has 0 saturated carbocycles. The van der Waals surface area contributed by atoms with Gasteiger partial charge in [-0.05, 0) is 50.4 Å². The zero-order chi connectivity index (χ0) is 22.7. The molecule has 9 heteroatoms. The second-order valence-electron chi connectivity index (χ2n) is 8.38. The zero-order valence-corrected chi connectivity index (χ0v) is 19.4. The van der Waals surface area contributed by atoms with Crippen LogP contribution in [0.15, 0.2) is 24.4 Å². The molecule has 2 N–H and O–H groups in total. The lowest BCUT2D eigenvalue weighted by atomic mass is 10.1. The number of rotatable bonds is 8. The molecule has 0 aliphatic carbocycles. The van der Waals surface area contributed by atoms with Crippen molar-refractivity contribution in [2.75, 3.05) is 32.6 Å². The van der Waals surface area contributed by atoms with Gasteiger partial charge >= 0.3 is 6.01 Å². The highest BCUT2D eigenvalue weighted by Crippen LogP contribution is 2.32. The molecule has 1 aliphatic rings. The molecule has 1 aliphatic heterocycles. The van der Waals surface area contributed by atoms with Gasteiger partial charge in [0.05, 0.1) is 26.5 Å². The fourth-order valence-corrected chi connectivity index (χ4v) is 3.95. The van der Waals surface area contributed by atoms with Crippen molar-refractivity contribution in [1.29, 1.82) is 0 Å². The smallest absolute Gasteiger partial charge is 0.322 e. The van der Waals surface area contributed by atoms with Crippen LogP contribution in [0.5, 0.6) is 17.5 Å². The average molecular weight is 441 g/mol. The molecule has 1 aromatic carbocycles. The standard InChI is InChI=1S/C23H32N6O3/c1-14(2)19-13-25-29-21(19)27-23(32-17-7-6-10-24-12-17)28-22(29)26-15(3)18-11-16(30-4)8-9-20(18)31-5/h8-9,11,13-15,17,24H,6-7,10,12H2,1-5H3,(H,26,27,28)/t15-,17?/m0/s1. The fourth-order valence-electron chi connectivity index (χ4n) is 3.95. The molecule has 4 rings (SSSR count). The van der Waals surface area contributed by atoms with Crippen LogP contribution in [0.3, 0.4) is 0 Å².